The summed E-state index contributed by atoms with van der Waals surface area (Å²) in [6.45, 7) is 2.38. The van der Waals surface area contributed by atoms with Gasteiger partial charge >= 0.3 is 5.97 Å². The van der Waals surface area contributed by atoms with Crippen molar-refractivity contribution in [3.05, 3.63) is 36.0 Å². The molecule has 0 saturated carbocycles. The second-order valence-electron chi connectivity index (χ2n) is 3.44. The number of carbonyl (C=O) groups is 1. The van der Waals surface area contributed by atoms with Crippen LogP contribution in [-0.4, -0.2) is 25.8 Å². The lowest BCUT2D eigenvalue weighted by Crippen LogP contribution is -1.97. The summed E-state index contributed by atoms with van der Waals surface area (Å²) in [6, 6.07) is 1.21. The molecule has 2 aromatic heterocycles. The van der Waals surface area contributed by atoms with E-state index in [0.29, 0.717) is 12.1 Å². The Morgan fingerprint density at radius 2 is 2.29 bits per heavy atom. The Morgan fingerprint density at radius 1 is 1.53 bits per heavy atom. The summed E-state index contributed by atoms with van der Waals surface area (Å²) in [4.78, 5) is 14.7. The van der Waals surface area contributed by atoms with Gasteiger partial charge in [0.05, 0.1) is 6.20 Å². The molecule has 0 aliphatic carbocycles. The van der Waals surface area contributed by atoms with Crippen molar-refractivity contribution >= 4 is 5.97 Å². The van der Waals surface area contributed by atoms with Crippen LogP contribution in [0.25, 0.3) is 11.3 Å². The van der Waals surface area contributed by atoms with Gasteiger partial charge in [0.2, 0.25) is 0 Å². The molecule has 1 N–H and O–H groups in total. The number of hydrogen-bond donors (Lipinski definition) is 1. The standard InChI is InChI=1S/C11H10FN3O2/c1-2-15-6-9(11(16)17)10(14-15)7-3-8(12)5-13-4-7/h3-6H,2H2,1H3,(H,16,17). The third-order valence-electron chi connectivity index (χ3n) is 2.29. The predicted octanol–water partition coefficient (Wildman–Crippen LogP) is 1.80. The van der Waals surface area contributed by atoms with E-state index in [0.717, 1.165) is 6.20 Å². The first-order valence-electron chi connectivity index (χ1n) is 5.03. The third-order valence-corrected chi connectivity index (χ3v) is 2.29. The molecule has 2 aromatic rings. The molecule has 17 heavy (non-hydrogen) atoms. The molecule has 2 rings (SSSR count). The van der Waals surface area contributed by atoms with Crippen molar-refractivity contribution in [3.63, 3.8) is 0 Å². The fourth-order valence-corrected chi connectivity index (χ4v) is 1.49. The SMILES string of the molecule is CCn1cc(C(=O)O)c(-c2cncc(F)c2)n1. The Kier molecular flexibility index (Phi) is 2.86. The Balaban J connectivity index is 2.57. The average molecular weight is 235 g/mol. The van der Waals surface area contributed by atoms with Crippen molar-refractivity contribution in [1.82, 2.24) is 14.8 Å². The molecule has 0 fully saturated rings. The van der Waals surface area contributed by atoms with Crippen LogP contribution in [0.2, 0.25) is 0 Å². The van der Waals surface area contributed by atoms with Gasteiger partial charge in [0.15, 0.2) is 0 Å². The highest BCUT2D eigenvalue weighted by atomic mass is 19.1. The molecule has 2 heterocycles. The maximum atomic E-state index is 13.0. The van der Waals surface area contributed by atoms with Gasteiger partial charge in [-0.1, -0.05) is 0 Å². The molecule has 0 unspecified atom stereocenters. The van der Waals surface area contributed by atoms with Crippen LogP contribution < -0.4 is 0 Å². The van der Waals surface area contributed by atoms with Gasteiger partial charge in [-0.05, 0) is 13.0 Å². The van der Waals surface area contributed by atoms with Gasteiger partial charge in [0.1, 0.15) is 17.1 Å². The van der Waals surface area contributed by atoms with Crippen LogP contribution in [0.15, 0.2) is 24.7 Å². The lowest BCUT2D eigenvalue weighted by molar-refractivity contribution is 0.0697. The number of carboxylic acid groups (broad SMARTS) is 1. The number of carboxylic acids is 1. The van der Waals surface area contributed by atoms with Crippen LogP contribution in [0.1, 0.15) is 17.3 Å². The maximum Gasteiger partial charge on any atom is 0.339 e. The quantitative estimate of drug-likeness (QED) is 0.880. The van der Waals surface area contributed by atoms with Crippen molar-refractivity contribution in [2.75, 3.05) is 0 Å². The first-order valence-corrected chi connectivity index (χ1v) is 5.03. The second kappa shape index (κ2) is 4.32. The molecule has 5 nitrogen and oxygen atoms in total. The summed E-state index contributed by atoms with van der Waals surface area (Å²) in [5, 5.41) is 13.1. The molecule has 0 aliphatic heterocycles. The normalized spacial score (nSPS) is 10.5. The molecular formula is C11H10FN3O2. The van der Waals surface area contributed by atoms with Crippen molar-refractivity contribution in [1.29, 1.82) is 0 Å². The number of aromatic carboxylic acids is 1. The van der Waals surface area contributed by atoms with Gasteiger partial charge in [0.25, 0.3) is 0 Å². The first kappa shape index (κ1) is 11.3. The van der Waals surface area contributed by atoms with Crippen LogP contribution in [0.5, 0.6) is 0 Å². The zero-order valence-corrected chi connectivity index (χ0v) is 9.09. The highest BCUT2D eigenvalue weighted by Gasteiger charge is 2.17. The Labute approximate surface area is 96.5 Å². The van der Waals surface area contributed by atoms with Crippen LogP contribution >= 0.6 is 0 Å². The summed E-state index contributed by atoms with van der Waals surface area (Å²) in [5.74, 6) is -1.62. The Bertz CT molecular complexity index is 566. The van der Waals surface area contributed by atoms with Gasteiger partial charge in [-0.2, -0.15) is 5.10 Å². The average Bonchev–Trinajstić information content (AvgIpc) is 2.73. The van der Waals surface area contributed by atoms with Crippen molar-refractivity contribution < 1.29 is 14.3 Å². The van der Waals surface area contributed by atoms with Crippen LogP contribution in [0.3, 0.4) is 0 Å². The number of nitrogens with zero attached hydrogens (tertiary/aromatic N) is 3. The lowest BCUT2D eigenvalue weighted by atomic mass is 10.1. The van der Waals surface area contributed by atoms with Crippen molar-refractivity contribution in [3.8, 4) is 11.3 Å². The molecule has 0 aromatic carbocycles. The van der Waals surface area contributed by atoms with Gasteiger partial charge in [-0.3, -0.25) is 9.67 Å². The number of halogens is 1. The fourth-order valence-electron chi connectivity index (χ4n) is 1.49. The molecule has 6 heteroatoms. The summed E-state index contributed by atoms with van der Waals surface area (Å²) >= 11 is 0. The van der Waals surface area contributed by atoms with E-state index in [1.54, 1.807) is 0 Å². The highest BCUT2D eigenvalue weighted by molar-refractivity contribution is 5.94. The topological polar surface area (TPSA) is 68.0 Å². The number of aromatic nitrogens is 3. The van der Waals surface area contributed by atoms with E-state index in [4.69, 9.17) is 5.11 Å². The van der Waals surface area contributed by atoms with E-state index in [1.807, 2.05) is 6.92 Å². The molecule has 0 amide bonds. The smallest absolute Gasteiger partial charge is 0.339 e. The van der Waals surface area contributed by atoms with E-state index >= 15 is 0 Å². The van der Waals surface area contributed by atoms with Crippen LogP contribution in [0.4, 0.5) is 4.39 Å². The maximum absolute atomic E-state index is 13.0. The van der Waals surface area contributed by atoms with Gasteiger partial charge in [0, 0.05) is 24.5 Å². The van der Waals surface area contributed by atoms with E-state index in [-0.39, 0.29) is 11.3 Å². The van der Waals surface area contributed by atoms with Crippen LogP contribution in [-0.2, 0) is 6.54 Å². The highest BCUT2D eigenvalue weighted by Crippen LogP contribution is 2.21. The van der Waals surface area contributed by atoms with E-state index in [2.05, 4.69) is 10.1 Å². The summed E-state index contributed by atoms with van der Waals surface area (Å²) < 4.78 is 14.5. The minimum Gasteiger partial charge on any atom is -0.478 e. The van der Waals surface area contributed by atoms with E-state index in [1.165, 1.54) is 23.1 Å². The molecular weight excluding hydrogens is 225 g/mol. The largest absolute Gasteiger partial charge is 0.478 e. The Morgan fingerprint density at radius 3 is 2.88 bits per heavy atom. The number of aryl methyl sites for hydroxylation is 1. The molecule has 0 atom stereocenters. The van der Waals surface area contributed by atoms with Gasteiger partial charge in [-0.25, -0.2) is 9.18 Å². The summed E-state index contributed by atoms with van der Waals surface area (Å²) in [5.41, 5.74) is 0.625. The van der Waals surface area contributed by atoms with Gasteiger partial charge in [-0.15, -0.1) is 0 Å². The monoisotopic (exact) mass is 235 g/mol. The third kappa shape index (κ3) is 2.15. The van der Waals surface area contributed by atoms with E-state index < -0.39 is 11.8 Å². The Hall–Kier alpha value is -2.24. The van der Waals surface area contributed by atoms with Gasteiger partial charge < -0.3 is 5.11 Å². The minimum atomic E-state index is -1.09. The summed E-state index contributed by atoms with van der Waals surface area (Å²) in [7, 11) is 0. The van der Waals surface area contributed by atoms with Crippen molar-refractivity contribution in [2.24, 2.45) is 0 Å². The lowest BCUT2D eigenvalue weighted by Gasteiger charge is -1.98. The zero-order valence-electron chi connectivity index (χ0n) is 9.09. The second-order valence-corrected chi connectivity index (χ2v) is 3.44. The summed E-state index contributed by atoms with van der Waals surface area (Å²) in [6.07, 6.45) is 3.86. The molecule has 88 valence electrons. The number of rotatable bonds is 3. The molecule has 0 bridgehead atoms. The number of pyridine rings is 1. The van der Waals surface area contributed by atoms with E-state index in [9.17, 15) is 9.18 Å². The molecule has 0 radical (unpaired) electrons. The van der Waals surface area contributed by atoms with Crippen molar-refractivity contribution in [2.45, 2.75) is 13.5 Å². The molecule has 0 saturated heterocycles. The minimum absolute atomic E-state index is 0.0410. The first-order chi connectivity index (χ1) is 8.11. The molecule has 0 spiro atoms. The fraction of sp³-hybridized carbons (Fsp3) is 0.182. The number of hydrogen-bond acceptors (Lipinski definition) is 3. The predicted molar refractivity (Wildman–Crippen MR) is 58.0 cm³/mol. The molecule has 0 aliphatic rings. The van der Waals surface area contributed by atoms with Crippen LogP contribution in [0, 0.1) is 5.82 Å². The zero-order chi connectivity index (χ0) is 12.4.